The second-order valence-electron chi connectivity index (χ2n) is 29.4. The average Bonchev–Trinajstić information content (AvgIpc) is 1.53. The lowest BCUT2D eigenvalue weighted by atomic mass is 9.94. The minimum absolute atomic E-state index is 1.16. The lowest BCUT2D eigenvalue weighted by Gasteiger charge is -2.14. The second-order valence-corrected chi connectivity index (χ2v) is 29.4. The summed E-state index contributed by atoms with van der Waals surface area (Å²) in [5.74, 6) is 0. The van der Waals surface area contributed by atoms with Crippen LogP contribution in [-0.2, 0) is 0 Å². The third-order valence-corrected chi connectivity index (χ3v) is 23.5. The summed E-state index contributed by atoms with van der Waals surface area (Å²) in [6, 6.07) is 147. The van der Waals surface area contributed by atoms with E-state index in [2.05, 4.69) is 419 Å². The number of para-hydroxylation sites is 4. The Balaban J connectivity index is 0.000000132. The quantitative estimate of drug-likeness (QED) is 0.135. The van der Waals surface area contributed by atoms with Crippen molar-refractivity contribution in [3.63, 3.8) is 0 Å². The molecule has 0 fully saturated rings. The highest BCUT2D eigenvalue weighted by molar-refractivity contribution is 6.26. The molecule has 1 aliphatic rings. The Hall–Kier alpha value is -14.6. The summed E-state index contributed by atoms with van der Waals surface area (Å²) >= 11 is 0. The maximum atomic E-state index is 2.47. The molecule has 4 heteroatoms. The van der Waals surface area contributed by atoms with E-state index in [-0.39, 0.29) is 0 Å². The number of aromatic nitrogens is 4. The molecule has 0 saturated carbocycles. The molecular formula is C106H66N4. The van der Waals surface area contributed by atoms with E-state index in [9.17, 15) is 0 Å². The monoisotopic (exact) mass is 1390 g/mol. The minimum atomic E-state index is 1.16. The van der Waals surface area contributed by atoms with Crippen LogP contribution in [0.1, 0.15) is 0 Å². The first kappa shape index (κ1) is 61.7. The standard InChI is InChI=1S/C54H34N2.C52H32N2/c1-2-13-35(14-3-1)36-15-12-16-39(31-36)55-51-23-10-8-21-46(51)49-32-37(25-29-53(49)55)38-26-30-54-50(33-38)47-22-9-11-24-52(47)56(54)40-27-28-45-43-19-5-4-17-41(43)42-18-6-7-20-44(42)48(45)34-40;1-2-12-33(13-3-1)34-14-10-15-37(30-34)53-47-22-8-6-18-40(47)45-31-35(24-27-50(45)53)36-25-28-51-46(32-36)41-19-7-9-23-48(41)54(51)49-29-26-43-39-17-5-4-16-38(39)42-20-11-21-44(49)52(42)43/h1-34H;1-32H. The highest BCUT2D eigenvalue weighted by Gasteiger charge is 2.26. The van der Waals surface area contributed by atoms with Gasteiger partial charge in [-0.05, 0) is 220 Å². The molecule has 110 heavy (non-hydrogen) atoms. The molecule has 1 aliphatic carbocycles. The van der Waals surface area contributed by atoms with Crippen LogP contribution in [0.2, 0.25) is 0 Å². The van der Waals surface area contributed by atoms with Crippen molar-refractivity contribution < 1.29 is 0 Å². The molecule has 4 heterocycles. The van der Waals surface area contributed by atoms with Crippen molar-refractivity contribution >= 4 is 130 Å². The molecule has 0 bridgehead atoms. The van der Waals surface area contributed by atoms with Crippen molar-refractivity contribution in [1.82, 2.24) is 18.3 Å². The topological polar surface area (TPSA) is 19.7 Å². The third kappa shape index (κ3) is 9.46. The molecule has 23 aromatic rings. The van der Waals surface area contributed by atoms with Crippen molar-refractivity contribution in [3.8, 4) is 89.5 Å². The number of hydrogen-bond acceptors (Lipinski definition) is 0. The molecule has 0 saturated heterocycles. The van der Waals surface area contributed by atoms with E-state index >= 15 is 0 Å². The van der Waals surface area contributed by atoms with Gasteiger partial charge >= 0.3 is 0 Å². The number of benzene rings is 19. The Bertz CT molecular complexity index is 7710. The smallest absolute Gasteiger partial charge is 0.0541 e. The largest absolute Gasteiger partial charge is 0.309 e. The van der Waals surface area contributed by atoms with Crippen LogP contribution in [0.3, 0.4) is 0 Å². The van der Waals surface area contributed by atoms with Gasteiger partial charge in [-0.15, -0.1) is 0 Å². The van der Waals surface area contributed by atoms with Crippen LogP contribution < -0.4 is 0 Å². The third-order valence-electron chi connectivity index (χ3n) is 23.5. The van der Waals surface area contributed by atoms with Gasteiger partial charge in [0, 0.05) is 65.5 Å². The van der Waals surface area contributed by atoms with Gasteiger partial charge in [-0.2, -0.15) is 0 Å². The first-order valence-corrected chi connectivity index (χ1v) is 38.0. The summed E-state index contributed by atoms with van der Waals surface area (Å²) in [4.78, 5) is 0. The van der Waals surface area contributed by atoms with Gasteiger partial charge in [0.2, 0.25) is 0 Å². The van der Waals surface area contributed by atoms with E-state index in [1.807, 2.05) is 0 Å². The zero-order chi connectivity index (χ0) is 72.1. The van der Waals surface area contributed by atoms with E-state index in [1.165, 1.54) is 208 Å². The number of hydrogen-bond donors (Lipinski definition) is 0. The molecule has 0 N–H and O–H groups in total. The molecule has 4 nitrogen and oxygen atoms in total. The number of nitrogens with zero attached hydrogens (tertiary/aromatic N) is 4. The van der Waals surface area contributed by atoms with Crippen molar-refractivity contribution in [2.45, 2.75) is 0 Å². The fraction of sp³-hybridized carbons (Fsp3) is 0. The Labute approximate surface area is 634 Å². The van der Waals surface area contributed by atoms with Gasteiger partial charge in [0.1, 0.15) is 0 Å². The van der Waals surface area contributed by atoms with Crippen LogP contribution in [0.4, 0.5) is 0 Å². The first-order valence-electron chi connectivity index (χ1n) is 38.0. The highest BCUT2D eigenvalue weighted by Crippen LogP contribution is 2.50. The fourth-order valence-corrected chi connectivity index (χ4v) is 18.6. The number of rotatable bonds is 8. The van der Waals surface area contributed by atoms with Gasteiger partial charge in [0.15, 0.2) is 0 Å². The SMILES string of the molecule is c1ccc(-c2cccc(-n3c4ccccc4c4cc(-c5ccc6c(c5)c5ccccc5n6-c5ccc6c7c(cccc57)-c5ccccc5-6)ccc43)c2)cc1.c1ccc(-c2cccc(-n3c4ccccc4c4cc(-c5ccc6c(c5)c5ccccc5n6-c5ccc6c7ccccc7c7ccccc7c6c5)ccc43)c2)cc1. The Kier molecular flexibility index (Phi) is 13.7. The van der Waals surface area contributed by atoms with E-state index in [4.69, 9.17) is 0 Å². The van der Waals surface area contributed by atoms with Crippen LogP contribution >= 0.6 is 0 Å². The van der Waals surface area contributed by atoms with Crippen LogP contribution in [-0.4, -0.2) is 18.3 Å². The second kappa shape index (κ2) is 24.5. The summed E-state index contributed by atoms with van der Waals surface area (Å²) in [5.41, 5.74) is 29.4. The fourth-order valence-electron chi connectivity index (χ4n) is 18.6. The van der Waals surface area contributed by atoms with Gasteiger partial charge in [-0.3, -0.25) is 0 Å². The summed E-state index contributed by atoms with van der Waals surface area (Å²) in [6.07, 6.45) is 0. The molecule has 0 amide bonds. The molecule has 510 valence electrons. The van der Waals surface area contributed by atoms with E-state index in [0.29, 0.717) is 0 Å². The lowest BCUT2D eigenvalue weighted by Crippen LogP contribution is -1.95. The highest BCUT2D eigenvalue weighted by atomic mass is 15.0. The van der Waals surface area contributed by atoms with E-state index in [1.54, 1.807) is 0 Å². The Morgan fingerprint density at radius 1 is 0.127 bits per heavy atom. The van der Waals surface area contributed by atoms with Crippen LogP contribution in [0.5, 0.6) is 0 Å². The van der Waals surface area contributed by atoms with Crippen LogP contribution in [0.25, 0.3) is 220 Å². The molecule has 0 spiro atoms. The van der Waals surface area contributed by atoms with Crippen molar-refractivity contribution in [2.75, 3.05) is 0 Å². The first-order chi connectivity index (χ1) is 54.6. The van der Waals surface area contributed by atoms with Gasteiger partial charge in [0.05, 0.1) is 49.8 Å². The van der Waals surface area contributed by atoms with Crippen LogP contribution in [0, 0.1) is 0 Å². The molecule has 0 aliphatic heterocycles. The van der Waals surface area contributed by atoms with Crippen molar-refractivity contribution in [1.29, 1.82) is 0 Å². The number of fused-ring (bicyclic) bond motifs is 21. The Morgan fingerprint density at radius 2 is 0.418 bits per heavy atom. The minimum Gasteiger partial charge on any atom is -0.309 e. The summed E-state index contributed by atoms with van der Waals surface area (Å²) < 4.78 is 9.74. The van der Waals surface area contributed by atoms with Gasteiger partial charge in [-0.25, -0.2) is 0 Å². The molecule has 24 rings (SSSR count). The molecule has 4 aromatic heterocycles. The maximum Gasteiger partial charge on any atom is 0.0541 e. The molecule has 19 aromatic carbocycles. The summed E-state index contributed by atoms with van der Waals surface area (Å²) in [6.45, 7) is 0. The zero-order valence-corrected chi connectivity index (χ0v) is 59.9. The van der Waals surface area contributed by atoms with Gasteiger partial charge < -0.3 is 18.3 Å². The van der Waals surface area contributed by atoms with E-state index < -0.39 is 0 Å². The molecule has 0 radical (unpaired) electrons. The van der Waals surface area contributed by atoms with Crippen molar-refractivity contribution in [2.24, 2.45) is 0 Å². The van der Waals surface area contributed by atoms with E-state index in [0.717, 1.165) is 11.4 Å². The summed E-state index contributed by atoms with van der Waals surface area (Å²) in [5, 5.41) is 20.4. The predicted molar refractivity (Wildman–Crippen MR) is 466 cm³/mol. The molecule has 0 unspecified atom stereocenters. The molecule has 0 atom stereocenters. The Morgan fingerprint density at radius 3 is 0.855 bits per heavy atom. The average molecular weight is 1400 g/mol. The summed E-state index contributed by atoms with van der Waals surface area (Å²) in [7, 11) is 0. The zero-order valence-electron chi connectivity index (χ0n) is 59.9. The normalized spacial score (nSPS) is 12.0. The lowest BCUT2D eigenvalue weighted by molar-refractivity contribution is 1.18. The predicted octanol–water partition coefficient (Wildman–Crippen LogP) is 28.7. The van der Waals surface area contributed by atoms with Crippen LogP contribution in [0.15, 0.2) is 400 Å². The van der Waals surface area contributed by atoms with Gasteiger partial charge in [-0.1, -0.05) is 285 Å². The van der Waals surface area contributed by atoms with Gasteiger partial charge in [0.25, 0.3) is 0 Å². The van der Waals surface area contributed by atoms with Crippen molar-refractivity contribution in [3.05, 3.63) is 400 Å². The molecular weight excluding hydrogens is 1330 g/mol. The maximum absolute atomic E-state index is 2.47.